The second kappa shape index (κ2) is 6.68. The van der Waals surface area contributed by atoms with Crippen molar-refractivity contribution in [3.8, 4) is 17.1 Å². The molecule has 4 rings (SSSR count). The lowest BCUT2D eigenvalue weighted by Crippen LogP contribution is -2.25. The Bertz CT molecular complexity index is 814. The molecular weight excluding hydrogens is 335 g/mol. The molecule has 2 aliphatic carbocycles. The van der Waals surface area contributed by atoms with Gasteiger partial charge < -0.3 is 4.74 Å². The molecule has 0 N–H and O–H groups in total. The molecule has 0 aliphatic heterocycles. The molecule has 0 bridgehead atoms. The third-order valence-corrected chi connectivity index (χ3v) is 5.33. The standard InChI is InChI=1S/C20H21FN2O3/c1-23(25-2)20(24)13-10-17(12-6-8-14(21)9-7-12)22-18(11-13)26-19-15-4-3-5-16(15)19/h6-11,15-16,19H,3-5H2,1-2H3/t15-,16+,19+. The van der Waals surface area contributed by atoms with Gasteiger partial charge in [-0.15, -0.1) is 0 Å². The van der Waals surface area contributed by atoms with E-state index >= 15 is 0 Å². The first-order valence-electron chi connectivity index (χ1n) is 8.83. The van der Waals surface area contributed by atoms with Crippen molar-refractivity contribution in [1.29, 1.82) is 0 Å². The zero-order valence-corrected chi connectivity index (χ0v) is 14.8. The van der Waals surface area contributed by atoms with Crippen LogP contribution in [-0.4, -0.2) is 36.2 Å². The second-order valence-corrected chi connectivity index (χ2v) is 6.91. The Morgan fingerprint density at radius 1 is 1.19 bits per heavy atom. The van der Waals surface area contributed by atoms with Crippen LogP contribution in [0, 0.1) is 17.7 Å². The van der Waals surface area contributed by atoms with E-state index in [0.717, 1.165) is 10.6 Å². The molecule has 0 radical (unpaired) electrons. The minimum atomic E-state index is -0.317. The first-order valence-corrected chi connectivity index (χ1v) is 8.83. The molecule has 0 unspecified atom stereocenters. The molecule has 1 heterocycles. The summed E-state index contributed by atoms with van der Waals surface area (Å²) in [6.07, 6.45) is 3.86. The van der Waals surface area contributed by atoms with E-state index in [1.165, 1.54) is 38.5 Å². The summed E-state index contributed by atoms with van der Waals surface area (Å²) in [6.45, 7) is 0. The summed E-state index contributed by atoms with van der Waals surface area (Å²) >= 11 is 0. The molecule has 6 heteroatoms. The van der Waals surface area contributed by atoms with Crippen LogP contribution in [0.3, 0.4) is 0 Å². The number of hydrogen-bond donors (Lipinski definition) is 0. The number of benzene rings is 1. The molecule has 26 heavy (non-hydrogen) atoms. The van der Waals surface area contributed by atoms with Gasteiger partial charge in [0.15, 0.2) is 0 Å². The molecular formula is C20H21FN2O3. The minimum absolute atomic E-state index is 0.197. The minimum Gasteiger partial charge on any atom is -0.474 e. The number of amides is 1. The van der Waals surface area contributed by atoms with Gasteiger partial charge in [0.05, 0.1) is 12.8 Å². The topological polar surface area (TPSA) is 51.7 Å². The Balaban J connectivity index is 1.67. The van der Waals surface area contributed by atoms with Crippen molar-refractivity contribution in [2.24, 2.45) is 11.8 Å². The van der Waals surface area contributed by atoms with E-state index < -0.39 is 0 Å². The predicted octanol–water partition coefficient (Wildman–Crippen LogP) is 3.70. The zero-order valence-electron chi connectivity index (χ0n) is 14.8. The number of hydroxylamine groups is 2. The largest absolute Gasteiger partial charge is 0.474 e. The Labute approximate surface area is 151 Å². The average molecular weight is 356 g/mol. The Hall–Kier alpha value is -2.47. The fourth-order valence-corrected chi connectivity index (χ4v) is 3.79. The molecule has 3 atom stereocenters. The van der Waals surface area contributed by atoms with Crippen LogP contribution in [0.15, 0.2) is 36.4 Å². The van der Waals surface area contributed by atoms with E-state index in [2.05, 4.69) is 4.98 Å². The smallest absolute Gasteiger partial charge is 0.277 e. The van der Waals surface area contributed by atoms with Gasteiger partial charge in [-0.1, -0.05) is 6.42 Å². The lowest BCUT2D eigenvalue weighted by molar-refractivity contribution is -0.0757. The highest BCUT2D eigenvalue weighted by atomic mass is 19.1. The Kier molecular flexibility index (Phi) is 4.36. The lowest BCUT2D eigenvalue weighted by Gasteiger charge is -2.16. The van der Waals surface area contributed by atoms with Gasteiger partial charge in [-0.3, -0.25) is 9.63 Å². The van der Waals surface area contributed by atoms with Crippen molar-refractivity contribution in [2.45, 2.75) is 25.4 Å². The number of hydrogen-bond acceptors (Lipinski definition) is 4. The molecule has 0 spiro atoms. The van der Waals surface area contributed by atoms with E-state index in [4.69, 9.17) is 9.57 Å². The average Bonchev–Trinajstić information content (AvgIpc) is 3.07. The number of carbonyl (C=O) groups excluding carboxylic acids is 1. The number of carbonyl (C=O) groups is 1. The highest BCUT2D eigenvalue weighted by Gasteiger charge is 2.55. The van der Waals surface area contributed by atoms with Gasteiger partial charge in [0.25, 0.3) is 5.91 Å². The van der Waals surface area contributed by atoms with Crippen molar-refractivity contribution >= 4 is 5.91 Å². The highest BCUT2D eigenvalue weighted by Crippen LogP contribution is 2.53. The van der Waals surface area contributed by atoms with Crippen molar-refractivity contribution in [3.05, 3.63) is 47.8 Å². The fraction of sp³-hybridized carbons (Fsp3) is 0.400. The molecule has 136 valence electrons. The number of ether oxygens (including phenoxy) is 1. The maximum atomic E-state index is 13.2. The number of pyridine rings is 1. The number of rotatable bonds is 5. The monoisotopic (exact) mass is 356 g/mol. The number of halogens is 1. The SMILES string of the molecule is CON(C)C(=O)c1cc(O[C@H]2[C@@H]3CCC[C@@H]32)nc(-c2ccc(F)cc2)c1. The van der Waals surface area contributed by atoms with Gasteiger partial charge in [0.1, 0.15) is 11.9 Å². The third-order valence-electron chi connectivity index (χ3n) is 5.33. The van der Waals surface area contributed by atoms with Gasteiger partial charge >= 0.3 is 0 Å². The summed E-state index contributed by atoms with van der Waals surface area (Å²) in [5, 5.41) is 1.15. The Morgan fingerprint density at radius 3 is 2.54 bits per heavy atom. The molecule has 1 amide bonds. The Morgan fingerprint density at radius 2 is 1.88 bits per heavy atom. The molecule has 1 aromatic heterocycles. The van der Waals surface area contributed by atoms with Crippen LogP contribution >= 0.6 is 0 Å². The summed E-state index contributed by atoms with van der Waals surface area (Å²) in [6, 6.07) is 9.35. The first-order chi connectivity index (χ1) is 12.6. The molecule has 1 aromatic carbocycles. The molecule has 2 saturated carbocycles. The highest BCUT2D eigenvalue weighted by molar-refractivity contribution is 5.94. The van der Waals surface area contributed by atoms with Gasteiger partial charge in [-0.2, -0.15) is 0 Å². The van der Waals surface area contributed by atoms with Crippen molar-refractivity contribution in [3.63, 3.8) is 0 Å². The van der Waals surface area contributed by atoms with E-state index in [1.807, 2.05) is 0 Å². The van der Waals surface area contributed by atoms with E-state index in [9.17, 15) is 9.18 Å². The van der Waals surface area contributed by atoms with Gasteiger partial charge in [-0.05, 0) is 43.2 Å². The normalized spacial score (nSPS) is 23.4. The number of nitrogens with zero attached hydrogens (tertiary/aromatic N) is 2. The first kappa shape index (κ1) is 17.0. The molecule has 5 nitrogen and oxygen atoms in total. The summed E-state index contributed by atoms with van der Waals surface area (Å²) < 4.78 is 19.3. The predicted molar refractivity (Wildman–Crippen MR) is 94.0 cm³/mol. The van der Waals surface area contributed by atoms with Crippen LogP contribution < -0.4 is 4.74 Å². The summed E-state index contributed by atoms with van der Waals surface area (Å²) in [7, 11) is 2.98. The summed E-state index contributed by atoms with van der Waals surface area (Å²) in [5.74, 6) is 1.06. The van der Waals surface area contributed by atoms with E-state index in [1.54, 1.807) is 31.3 Å². The van der Waals surface area contributed by atoms with Crippen molar-refractivity contribution in [1.82, 2.24) is 10.0 Å². The van der Waals surface area contributed by atoms with E-state index in [-0.39, 0.29) is 17.8 Å². The quantitative estimate of drug-likeness (QED) is 0.767. The zero-order chi connectivity index (χ0) is 18.3. The van der Waals surface area contributed by atoms with Crippen LogP contribution in [0.4, 0.5) is 4.39 Å². The summed E-state index contributed by atoms with van der Waals surface area (Å²) in [4.78, 5) is 22.1. The van der Waals surface area contributed by atoms with E-state index in [0.29, 0.717) is 29.0 Å². The van der Waals surface area contributed by atoms with Gasteiger partial charge in [0.2, 0.25) is 5.88 Å². The molecule has 2 fully saturated rings. The van der Waals surface area contributed by atoms with Crippen molar-refractivity contribution in [2.75, 3.05) is 14.2 Å². The van der Waals surface area contributed by atoms with Crippen LogP contribution in [0.25, 0.3) is 11.3 Å². The summed E-state index contributed by atoms with van der Waals surface area (Å²) in [5.41, 5.74) is 1.72. The van der Waals surface area contributed by atoms with Gasteiger partial charge in [-0.25, -0.2) is 14.4 Å². The van der Waals surface area contributed by atoms with Crippen molar-refractivity contribution < 1.29 is 18.8 Å². The number of aromatic nitrogens is 1. The van der Waals surface area contributed by atoms with Crippen LogP contribution in [0.5, 0.6) is 5.88 Å². The maximum Gasteiger partial charge on any atom is 0.277 e. The van der Waals surface area contributed by atoms with Crippen LogP contribution in [0.2, 0.25) is 0 Å². The lowest BCUT2D eigenvalue weighted by atomic mass is 10.1. The van der Waals surface area contributed by atoms with Crippen LogP contribution in [-0.2, 0) is 4.84 Å². The van der Waals surface area contributed by atoms with Crippen LogP contribution in [0.1, 0.15) is 29.6 Å². The van der Waals surface area contributed by atoms with Gasteiger partial charge in [0, 0.05) is 36.1 Å². The second-order valence-electron chi connectivity index (χ2n) is 6.91. The molecule has 2 aromatic rings. The third kappa shape index (κ3) is 3.17. The maximum absolute atomic E-state index is 13.2. The number of fused-ring (bicyclic) bond motifs is 1. The molecule has 2 aliphatic rings. The molecule has 0 saturated heterocycles. The fourth-order valence-electron chi connectivity index (χ4n) is 3.79.